The number of rotatable bonds is 3. The first-order chi connectivity index (χ1) is 6.68. The Kier molecular flexibility index (Phi) is 2.90. The van der Waals surface area contributed by atoms with Crippen molar-refractivity contribution in [1.82, 2.24) is 15.1 Å². The van der Waals surface area contributed by atoms with E-state index in [4.69, 9.17) is 4.74 Å². The molecule has 1 N–H and O–H groups in total. The fraction of sp³-hybridized carbons (Fsp3) is 0.667. The molecule has 1 aliphatic heterocycles. The zero-order valence-corrected chi connectivity index (χ0v) is 9.97. The first-order valence-corrected chi connectivity index (χ1v) is 5.47. The maximum absolute atomic E-state index is 5.09. The minimum atomic E-state index is 0.511. The van der Waals surface area contributed by atoms with Crippen LogP contribution >= 0.6 is 15.9 Å². The molecule has 0 amide bonds. The molecule has 0 aromatic carbocycles. The zero-order valence-electron chi connectivity index (χ0n) is 8.38. The average molecular weight is 260 g/mol. The first kappa shape index (κ1) is 10.1. The Hall–Kier alpha value is -0.390. The van der Waals surface area contributed by atoms with Gasteiger partial charge < -0.3 is 10.1 Å². The molecular weight excluding hydrogens is 246 g/mol. The van der Waals surface area contributed by atoms with Crippen molar-refractivity contribution in [3.8, 4) is 0 Å². The van der Waals surface area contributed by atoms with Crippen LogP contribution in [-0.2, 0) is 18.3 Å². The van der Waals surface area contributed by atoms with E-state index in [1.165, 1.54) is 5.69 Å². The molecule has 0 atom stereocenters. The number of hydrogen-bond donors (Lipinski definition) is 1. The molecule has 0 radical (unpaired) electrons. The summed E-state index contributed by atoms with van der Waals surface area (Å²) < 4.78 is 8.11. The lowest BCUT2D eigenvalue weighted by Crippen LogP contribution is -2.45. The van der Waals surface area contributed by atoms with Gasteiger partial charge >= 0.3 is 0 Å². The second-order valence-corrected chi connectivity index (χ2v) is 4.38. The molecule has 78 valence electrons. The summed E-state index contributed by atoms with van der Waals surface area (Å²) in [5, 5.41) is 7.75. The van der Waals surface area contributed by atoms with Gasteiger partial charge in [-0.2, -0.15) is 5.10 Å². The molecule has 0 unspecified atom stereocenters. The zero-order chi connectivity index (χ0) is 10.1. The molecule has 2 rings (SSSR count). The molecule has 1 aromatic rings. The first-order valence-electron chi connectivity index (χ1n) is 4.67. The van der Waals surface area contributed by atoms with Gasteiger partial charge in [0.15, 0.2) is 0 Å². The summed E-state index contributed by atoms with van der Waals surface area (Å²) >= 11 is 3.54. The highest BCUT2D eigenvalue weighted by Gasteiger charge is 2.19. The highest BCUT2D eigenvalue weighted by Crippen LogP contribution is 2.20. The average Bonchev–Trinajstić information content (AvgIpc) is 2.28. The van der Waals surface area contributed by atoms with E-state index in [0.717, 1.165) is 29.9 Å². The Morgan fingerprint density at radius 1 is 1.64 bits per heavy atom. The van der Waals surface area contributed by atoms with Crippen LogP contribution < -0.4 is 5.32 Å². The molecule has 1 fully saturated rings. The molecule has 1 saturated heterocycles. The molecule has 0 bridgehead atoms. The van der Waals surface area contributed by atoms with Crippen LogP contribution in [0, 0.1) is 6.92 Å². The minimum absolute atomic E-state index is 0.511. The Bertz CT molecular complexity index is 333. The van der Waals surface area contributed by atoms with Crippen LogP contribution in [-0.4, -0.2) is 29.0 Å². The van der Waals surface area contributed by atoms with Crippen molar-refractivity contribution in [2.45, 2.75) is 19.5 Å². The van der Waals surface area contributed by atoms with Gasteiger partial charge in [0.2, 0.25) is 0 Å². The van der Waals surface area contributed by atoms with Gasteiger partial charge in [-0.15, -0.1) is 0 Å². The second-order valence-electron chi connectivity index (χ2n) is 3.58. The van der Waals surface area contributed by atoms with E-state index in [1.54, 1.807) is 0 Å². The van der Waals surface area contributed by atoms with Gasteiger partial charge in [-0.25, -0.2) is 0 Å². The summed E-state index contributed by atoms with van der Waals surface area (Å²) in [4.78, 5) is 0. The maximum atomic E-state index is 5.09. The topological polar surface area (TPSA) is 39.1 Å². The third kappa shape index (κ3) is 1.85. The smallest absolute Gasteiger partial charge is 0.0739 e. The predicted molar refractivity (Wildman–Crippen MR) is 57.1 cm³/mol. The van der Waals surface area contributed by atoms with Gasteiger partial charge in [-0.1, -0.05) is 0 Å². The fourth-order valence-electron chi connectivity index (χ4n) is 1.47. The number of halogens is 1. The quantitative estimate of drug-likeness (QED) is 0.880. The minimum Gasteiger partial charge on any atom is -0.378 e. The molecule has 4 nitrogen and oxygen atoms in total. The van der Waals surface area contributed by atoms with Crippen LogP contribution in [0.15, 0.2) is 4.47 Å². The van der Waals surface area contributed by atoms with Gasteiger partial charge in [0.1, 0.15) is 0 Å². The summed E-state index contributed by atoms with van der Waals surface area (Å²) in [6.45, 7) is 4.49. The lowest BCUT2D eigenvalue weighted by Gasteiger charge is -2.27. The normalized spacial score (nSPS) is 17.1. The van der Waals surface area contributed by atoms with Crippen molar-refractivity contribution in [3.63, 3.8) is 0 Å². The van der Waals surface area contributed by atoms with Crippen LogP contribution in [0.1, 0.15) is 11.4 Å². The predicted octanol–water partition coefficient (Wildman–Crippen LogP) is 0.979. The lowest BCUT2D eigenvalue weighted by atomic mass is 10.2. The van der Waals surface area contributed by atoms with E-state index in [0.29, 0.717) is 6.04 Å². The van der Waals surface area contributed by atoms with E-state index >= 15 is 0 Å². The molecule has 1 aliphatic rings. The highest BCUT2D eigenvalue weighted by atomic mass is 79.9. The Morgan fingerprint density at radius 3 is 2.79 bits per heavy atom. The summed E-state index contributed by atoms with van der Waals surface area (Å²) in [6.07, 6.45) is 0. The molecule has 1 aromatic heterocycles. The van der Waals surface area contributed by atoms with Crippen LogP contribution in [0.25, 0.3) is 0 Å². The number of aromatic nitrogens is 2. The van der Waals surface area contributed by atoms with Crippen molar-refractivity contribution in [1.29, 1.82) is 0 Å². The number of nitrogens with zero attached hydrogens (tertiary/aromatic N) is 2. The number of nitrogens with one attached hydrogen (secondary N) is 1. The Labute approximate surface area is 91.8 Å². The SMILES string of the molecule is Cc1nn(C)c(CNC2COC2)c1Br. The third-order valence-corrected chi connectivity index (χ3v) is 3.49. The summed E-state index contributed by atoms with van der Waals surface area (Å²) in [7, 11) is 1.96. The third-order valence-electron chi connectivity index (χ3n) is 2.46. The van der Waals surface area contributed by atoms with Crippen molar-refractivity contribution in [3.05, 3.63) is 15.9 Å². The monoisotopic (exact) mass is 259 g/mol. The molecule has 0 spiro atoms. The number of hydrogen-bond acceptors (Lipinski definition) is 3. The van der Waals surface area contributed by atoms with Gasteiger partial charge in [0.05, 0.1) is 35.1 Å². The van der Waals surface area contributed by atoms with Crippen molar-refractivity contribution in [2.24, 2.45) is 7.05 Å². The van der Waals surface area contributed by atoms with E-state index in [1.807, 2.05) is 18.7 Å². The van der Waals surface area contributed by atoms with Crippen molar-refractivity contribution in [2.75, 3.05) is 13.2 Å². The molecule has 0 saturated carbocycles. The van der Waals surface area contributed by atoms with Crippen molar-refractivity contribution < 1.29 is 4.74 Å². The standard InChI is InChI=1S/C9H14BrN3O/c1-6-9(10)8(13(2)12-6)3-11-7-4-14-5-7/h7,11H,3-5H2,1-2H3. The Balaban J connectivity index is 2.00. The van der Waals surface area contributed by atoms with E-state index in [-0.39, 0.29) is 0 Å². The maximum Gasteiger partial charge on any atom is 0.0739 e. The van der Waals surface area contributed by atoms with Crippen LogP contribution in [0.4, 0.5) is 0 Å². The number of aryl methyl sites for hydroxylation is 2. The van der Waals surface area contributed by atoms with Gasteiger partial charge in [0.25, 0.3) is 0 Å². The van der Waals surface area contributed by atoms with Gasteiger partial charge in [-0.3, -0.25) is 4.68 Å². The van der Waals surface area contributed by atoms with E-state index in [2.05, 4.69) is 26.3 Å². The van der Waals surface area contributed by atoms with Crippen LogP contribution in [0.5, 0.6) is 0 Å². The Morgan fingerprint density at radius 2 is 2.36 bits per heavy atom. The van der Waals surface area contributed by atoms with Crippen LogP contribution in [0.2, 0.25) is 0 Å². The molecule has 0 aliphatic carbocycles. The lowest BCUT2D eigenvalue weighted by molar-refractivity contribution is -0.00604. The summed E-state index contributed by atoms with van der Waals surface area (Å²) in [6, 6.07) is 0.511. The molecular formula is C9H14BrN3O. The van der Waals surface area contributed by atoms with Crippen LogP contribution in [0.3, 0.4) is 0 Å². The van der Waals surface area contributed by atoms with Gasteiger partial charge in [-0.05, 0) is 22.9 Å². The van der Waals surface area contributed by atoms with Gasteiger partial charge in [0, 0.05) is 13.6 Å². The molecule has 14 heavy (non-hydrogen) atoms. The summed E-state index contributed by atoms with van der Waals surface area (Å²) in [5.41, 5.74) is 2.23. The van der Waals surface area contributed by atoms with Crippen molar-refractivity contribution >= 4 is 15.9 Å². The second kappa shape index (κ2) is 4.00. The number of ether oxygens (including phenoxy) is 1. The van der Waals surface area contributed by atoms with E-state index in [9.17, 15) is 0 Å². The highest BCUT2D eigenvalue weighted by molar-refractivity contribution is 9.10. The largest absolute Gasteiger partial charge is 0.378 e. The fourth-order valence-corrected chi connectivity index (χ4v) is 1.94. The molecule has 2 heterocycles. The molecule has 5 heteroatoms. The summed E-state index contributed by atoms with van der Waals surface area (Å²) in [5.74, 6) is 0. The van der Waals surface area contributed by atoms with E-state index < -0.39 is 0 Å².